The van der Waals surface area contributed by atoms with Crippen LogP contribution in [-0.4, -0.2) is 9.97 Å². The monoisotopic (exact) mass is 848 g/mol. The maximum atomic E-state index is 5.38. The molecule has 0 aliphatic carbocycles. The first-order valence-corrected chi connectivity index (χ1v) is 23.2. The van der Waals surface area contributed by atoms with E-state index in [2.05, 4.69) is 216 Å². The van der Waals surface area contributed by atoms with Gasteiger partial charge in [0.2, 0.25) is 0 Å². The molecule has 0 aliphatic rings. The number of rotatable bonds is 6. The Morgan fingerprint density at radius 3 is 1.38 bits per heavy atom. The lowest BCUT2D eigenvalue weighted by Gasteiger charge is -2.13. The molecule has 0 spiro atoms. The summed E-state index contributed by atoms with van der Waals surface area (Å²) in [5, 5.41) is 7.16. The molecule has 12 rings (SSSR count). The molecule has 10 aromatic carbocycles. The first-order valence-electron chi connectivity index (χ1n) is 22.4. The van der Waals surface area contributed by atoms with Crippen molar-refractivity contribution in [3.63, 3.8) is 0 Å². The summed E-state index contributed by atoms with van der Waals surface area (Å²) >= 11 is 1.88. The second kappa shape index (κ2) is 15.5. The van der Waals surface area contributed by atoms with E-state index in [1.54, 1.807) is 0 Å². The standard InChI is InChI=1S/C62H44N2S/c1-37-24-38(2)27-48(26-37)42-13-9-12-41(30-42)45-22-23-59-56(33-45)57-35-50(44-15-10-14-43(31-44)49-28-39(3)25-40(4)29-49)34-55(62(57)65-59)46-16-11-17-47(32-46)58-36-63-60-53-20-7-5-18-51(53)52-19-6-8-21-54(52)61(60)64-58/h5-36H,1-4H3. The summed E-state index contributed by atoms with van der Waals surface area (Å²) in [7, 11) is 0. The fourth-order valence-corrected chi connectivity index (χ4v) is 11.3. The van der Waals surface area contributed by atoms with E-state index < -0.39 is 0 Å². The third kappa shape index (κ3) is 6.97. The molecular formula is C62H44N2S. The number of nitrogens with zero attached hydrogens (tertiary/aromatic N) is 2. The Morgan fingerprint density at radius 2 is 0.785 bits per heavy atom. The number of aryl methyl sites for hydroxylation is 4. The SMILES string of the molecule is Cc1cc(C)cc(-c2cccc(-c3ccc4sc5c(-c6cccc(-c7cnc8c9ccccc9c9ccccc9c8n7)c6)cc(-c6cccc(-c7cc(C)cc(C)c7)c6)cc5c4c3)c2)c1. The Hall–Kier alpha value is -7.72. The fraction of sp³-hybridized carbons (Fsp3) is 0.0645. The number of aromatic nitrogens is 2. The van der Waals surface area contributed by atoms with Crippen molar-refractivity contribution < 1.29 is 0 Å². The van der Waals surface area contributed by atoms with Gasteiger partial charge in [-0.25, -0.2) is 4.98 Å². The predicted octanol–water partition coefficient (Wildman–Crippen LogP) is 17.5. The highest BCUT2D eigenvalue weighted by Gasteiger charge is 2.18. The lowest BCUT2D eigenvalue weighted by Crippen LogP contribution is -1.92. The maximum absolute atomic E-state index is 5.38. The van der Waals surface area contributed by atoms with Crippen molar-refractivity contribution in [1.29, 1.82) is 0 Å². The van der Waals surface area contributed by atoms with Gasteiger partial charge >= 0.3 is 0 Å². The highest BCUT2D eigenvalue weighted by molar-refractivity contribution is 7.26. The van der Waals surface area contributed by atoms with Gasteiger partial charge in [-0.15, -0.1) is 11.3 Å². The Bertz CT molecular complexity index is 3820. The molecule has 0 N–H and O–H groups in total. The van der Waals surface area contributed by atoms with E-state index in [1.807, 2.05) is 17.5 Å². The summed E-state index contributed by atoms with van der Waals surface area (Å²) < 4.78 is 2.54. The highest BCUT2D eigenvalue weighted by atomic mass is 32.1. The van der Waals surface area contributed by atoms with Gasteiger partial charge in [0.15, 0.2) is 0 Å². The lowest BCUT2D eigenvalue weighted by molar-refractivity contribution is 1.31. The predicted molar refractivity (Wildman–Crippen MR) is 279 cm³/mol. The largest absolute Gasteiger partial charge is 0.252 e. The Kier molecular flexibility index (Phi) is 9.29. The third-order valence-corrected chi connectivity index (χ3v) is 14.2. The number of hydrogen-bond donors (Lipinski definition) is 0. The molecule has 0 unspecified atom stereocenters. The first-order chi connectivity index (χ1) is 31.8. The smallest absolute Gasteiger partial charge is 0.0979 e. The summed E-state index contributed by atoms with van der Waals surface area (Å²) in [5.74, 6) is 0. The minimum Gasteiger partial charge on any atom is -0.252 e. The van der Waals surface area contributed by atoms with Crippen LogP contribution in [0.4, 0.5) is 0 Å². The van der Waals surface area contributed by atoms with Gasteiger partial charge in [0.1, 0.15) is 0 Å². The van der Waals surface area contributed by atoms with Crippen LogP contribution in [0.25, 0.3) is 120 Å². The molecule has 0 saturated heterocycles. The first kappa shape index (κ1) is 38.9. The molecule has 0 fully saturated rings. The van der Waals surface area contributed by atoms with Gasteiger partial charge in [0.05, 0.1) is 22.9 Å². The summed E-state index contributed by atoms with van der Waals surface area (Å²) in [6.07, 6.45) is 1.95. The summed E-state index contributed by atoms with van der Waals surface area (Å²) in [4.78, 5) is 10.5. The number of fused-ring (bicyclic) bond motifs is 9. The zero-order valence-electron chi connectivity index (χ0n) is 36.8. The zero-order valence-corrected chi connectivity index (χ0v) is 37.6. The van der Waals surface area contributed by atoms with Crippen LogP contribution < -0.4 is 0 Å². The molecule has 0 saturated carbocycles. The average Bonchev–Trinajstić information content (AvgIpc) is 3.71. The van der Waals surface area contributed by atoms with Crippen LogP contribution in [0.2, 0.25) is 0 Å². The van der Waals surface area contributed by atoms with E-state index in [-0.39, 0.29) is 0 Å². The van der Waals surface area contributed by atoms with Crippen LogP contribution in [-0.2, 0) is 0 Å². The van der Waals surface area contributed by atoms with Crippen molar-refractivity contribution in [1.82, 2.24) is 9.97 Å². The van der Waals surface area contributed by atoms with Gasteiger partial charge in [-0.2, -0.15) is 0 Å². The molecule has 0 bridgehead atoms. The van der Waals surface area contributed by atoms with E-state index in [0.717, 1.165) is 38.6 Å². The van der Waals surface area contributed by atoms with Crippen LogP contribution in [0.15, 0.2) is 194 Å². The van der Waals surface area contributed by atoms with Crippen LogP contribution >= 0.6 is 11.3 Å². The molecular weight excluding hydrogens is 805 g/mol. The van der Waals surface area contributed by atoms with Gasteiger partial charge in [0, 0.05) is 42.1 Å². The van der Waals surface area contributed by atoms with Gasteiger partial charge < -0.3 is 0 Å². The molecule has 2 aromatic heterocycles. The topological polar surface area (TPSA) is 25.8 Å². The van der Waals surface area contributed by atoms with Crippen molar-refractivity contribution in [2.75, 3.05) is 0 Å². The van der Waals surface area contributed by atoms with Crippen molar-refractivity contribution in [3.05, 3.63) is 217 Å². The van der Waals surface area contributed by atoms with Gasteiger partial charge in [0.25, 0.3) is 0 Å². The van der Waals surface area contributed by atoms with Crippen LogP contribution in [0.1, 0.15) is 22.3 Å². The molecule has 0 atom stereocenters. The molecule has 0 amide bonds. The van der Waals surface area contributed by atoms with Gasteiger partial charge in [-0.3, -0.25) is 4.98 Å². The van der Waals surface area contributed by atoms with E-state index in [4.69, 9.17) is 9.97 Å². The summed E-state index contributed by atoms with van der Waals surface area (Å²) in [6.45, 7) is 8.71. The molecule has 0 aliphatic heterocycles. The molecule has 65 heavy (non-hydrogen) atoms. The van der Waals surface area contributed by atoms with Crippen molar-refractivity contribution in [2.45, 2.75) is 27.7 Å². The normalized spacial score (nSPS) is 11.7. The minimum absolute atomic E-state index is 0.859. The molecule has 2 heterocycles. The van der Waals surface area contributed by atoms with Crippen LogP contribution in [0.3, 0.4) is 0 Å². The zero-order chi connectivity index (χ0) is 43.8. The number of hydrogen-bond acceptors (Lipinski definition) is 3. The quantitative estimate of drug-likeness (QED) is 0.156. The summed E-state index contributed by atoms with van der Waals surface area (Å²) in [5.41, 5.74) is 21.0. The van der Waals surface area contributed by atoms with E-state index >= 15 is 0 Å². The second-order valence-electron chi connectivity index (χ2n) is 17.8. The highest BCUT2D eigenvalue weighted by Crippen LogP contribution is 2.45. The Morgan fingerprint density at radius 1 is 0.323 bits per heavy atom. The minimum atomic E-state index is 0.859. The van der Waals surface area contributed by atoms with E-state index in [9.17, 15) is 0 Å². The van der Waals surface area contributed by atoms with Gasteiger partial charge in [-0.1, -0.05) is 168 Å². The Balaban J connectivity index is 1.04. The molecule has 308 valence electrons. The van der Waals surface area contributed by atoms with Crippen LogP contribution in [0, 0.1) is 27.7 Å². The average molecular weight is 849 g/mol. The summed E-state index contributed by atoms with van der Waals surface area (Å²) in [6, 6.07) is 69.5. The molecule has 12 aromatic rings. The fourth-order valence-electron chi connectivity index (χ4n) is 10.1. The van der Waals surface area contributed by atoms with Gasteiger partial charge in [-0.05, 0) is 131 Å². The van der Waals surface area contributed by atoms with Crippen molar-refractivity contribution >= 4 is 64.1 Å². The lowest BCUT2D eigenvalue weighted by atomic mass is 9.92. The Labute approximate surface area is 383 Å². The van der Waals surface area contributed by atoms with E-state index in [0.29, 0.717) is 0 Å². The number of benzene rings is 10. The molecule has 2 nitrogen and oxygen atoms in total. The molecule has 0 radical (unpaired) electrons. The van der Waals surface area contributed by atoms with E-state index in [1.165, 1.54) is 103 Å². The van der Waals surface area contributed by atoms with Crippen molar-refractivity contribution in [2.24, 2.45) is 0 Å². The second-order valence-corrected chi connectivity index (χ2v) is 18.8. The third-order valence-electron chi connectivity index (χ3n) is 13.0. The number of thiophene rings is 1. The van der Waals surface area contributed by atoms with Crippen LogP contribution in [0.5, 0.6) is 0 Å². The molecule has 3 heteroatoms. The van der Waals surface area contributed by atoms with Crippen molar-refractivity contribution in [3.8, 4) is 66.9 Å². The maximum Gasteiger partial charge on any atom is 0.0979 e.